The van der Waals surface area contributed by atoms with Gasteiger partial charge >= 0.3 is 0 Å². The molecular formula is C16H16FN3O. The van der Waals surface area contributed by atoms with Gasteiger partial charge in [-0.05, 0) is 24.6 Å². The van der Waals surface area contributed by atoms with Crippen molar-refractivity contribution in [3.05, 3.63) is 36.0 Å². The van der Waals surface area contributed by atoms with Crippen molar-refractivity contribution in [1.29, 1.82) is 0 Å². The molecule has 0 radical (unpaired) electrons. The molecule has 1 fully saturated rings. The molecule has 0 amide bonds. The van der Waals surface area contributed by atoms with Crippen LogP contribution in [0.5, 0.6) is 5.75 Å². The number of benzene rings is 1. The van der Waals surface area contributed by atoms with Crippen LogP contribution in [-0.2, 0) is 0 Å². The molecular weight excluding hydrogens is 269 g/mol. The highest BCUT2D eigenvalue weighted by atomic mass is 19.1. The molecule has 5 heteroatoms. The van der Waals surface area contributed by atoms with Gasteiger partial charge in [-0.2, -0.15) is 0 Å². The number of hydrogen-bond donors (Lipinski definition) is 0. The summed E-state index contributed by atoms with van der Waals surface area (Å²) in [6, 6.07) is 8.06. The van der Waals surface area contributed by atoms with Gasteiger partial charge in [0.05, 0.1) is 31.2 Å². The number of halogens is 1. The number of hydrogen-bond acceptors (Lipinski definition) is 3. The van der Waals surface area contributed by atoms with Gasteiger partial charge in [0.2, 0.25) is 0 Å². The van der Waals surface area contributed by atoms with Crippen LogP contribution in [0.4, 0.5) is 10.1 Å². The van der Waals surface area contributed by atoms with Gasteiger partial charge in [0.1, 0.15) is 17.6 Å². The predicted octanol–water partition coefficient (Wildman–Crippen LogP) is 2.96. The lowest BCUT2D eigenvalue weighted by Gasteiger charge is -2.36. The predicted molar refractivity (Wildman–Crippen MR) is 81.1 cm³/mol. The smallest absolute Gasteiger partial charge is 0.139 e. The summed E-state index contributed by atoms with van der Waals surface area (Å²) in [6.07, 6.45) is 1.30. The SMILES string of the molecule is COc1cc2nc3cc(N4CC(F)C4)ccn3c2cc1C. The van der Waals surface area contributed by atoms with E-state index in [1.54, 1.807) is 7.11 Å². The topological polar surface area (TPSA) is 29.8 Å². The highest BCUT2D eigenvalue weighted by molar-refractivity contribution is 5.83. The van der Waals surface area contributed by atoms with Crippen LogP contribution in [0.15, 0.2) is 30.5 Å². The Labute approximate surface area is 121 Å². The number of nitrogens with zero attached hydrogens (tertiary/aromatic N) is 3. The van der Waals surface area contributed by atoms with E-state index in [1.807, 2.05) is 36.2 Å². The van der Waals surface area contributed by atoms with Gasteiger partial charge in [-0.15, -0.1) is 0 Å². The van der Waals surface area contributed by atoms with E-state index in [-0.39, 0.29) is 0 Å². The molecule has 1 aliphatic rings. The molecule has 1 aromatic carbocycles. The lowest BCUT2D eigenvalue weighted by atomic mass is 10.1. The first kappa shape index (κ1) is 12.4. The average molecular weight is 285 g/mol. The first-order chi connectivity index (χ1) is 10.2. The molecule has 4 nitrogen and oxygen atoms in total. The van der Waals surface area contributed by atoms with Gasteiger partial charge in [0.25, 0.3) is 0 Å². The van der Waals surface area contributed by atoms with E-state index in [0.717, 1.165) is 33.7 Å². The molecule has 0 N–H and O–H groups in total. The van der Waals surface area contributed by atoms with Crippen molar-refractivity contribution in [3.8, 4) is 5.75 Å². The second-order valence-electron chi connectivity index (χ2n) is 5.54. The van der Waals surface area contributed by atoms with Crippen LogP contribution < -0.4 is 9.64 Å². The molecule has 4 rings (SSSR count). The highest BCUT2D eigenvalue weighted by Gasteiger charge is 2.26. The van der Waals surface area contributed by atoms with Gasteiger partial charge in [-0.25, -0.2) is 9.37 Å². The monoisotopic (exact) mass is 285 g/mol. The number of aromatic nitrogens is 2. The normalized spacial score (nSPS) is 15.7. The molecule has 0 saturated carbocycles. The molecule has 108 valence electrons. The summed E-state index contributed by atoms with van der Waals surface area (Å²) in [7, 11) is 1.67. The highest BCUT2D eigenvalue weighted by Crippen LogP contribution is 2.29. The van der Waals surface area contributed by atoms with Crippen molar-refractivity contribution in [2.24, 2.45) is 0 Å². The maximum Gasteiger partial charge on any atom is 0.139 e. The lowest BCUT2D eigenvalue weighted by Crippen LogP contribution is -2.48. The third-order valence-corrected chi connectivity index (χ3v) is 4.11. The molecule has 0 unspecified atom stereocenters. The molecule has 3 heterocycles. The van der Waals surface area contributed by atoms with Crippen LogP contribution in [-0.4, -0.2) is 35.8 Å². The zero-order valence-electron chi connectivity index (χ0n) is 12.0. The fraction of sp³-hybridized carbons (Fsp3) is 0.312. The first-order valence-corrected chi connectivity index (χ1v) is 7.01. The summed E-state index contributed by atoms with van der Waals surface area (Å²) in [6.45, 7) is 2.97. The fourth-order valence-electron chi connectivity index (χ4n) is 2.89. The van der Waals surface area contributed by atoms with Crippen LogP contribution >= 0.6 is 0 Å². The number of imidazole rings is 1. The van der Waals surface area contributed by atoms with Crippen molar-refractivity contribution in [3.63, 3.8) is 0 Å². The maximum absolute atomic E-state index is 13.0. The Morgan fingerprint density at radius 2 is 2.10 bits per heavy atom. The Morgan fingerprint density at radius 3 is 2.81 bits per heavy atom. The van der Waals surface area contributed by atoms with E-state index in [0.29, 0.717) is 13.1 Å². The molecule has 21 heavy (non-hydrogen) atoms. The van der Waals surface area contributed by atoms with E-state index < -0.39 is 6.17 Å². The molecule has 2 aromatic heterocycles. The third-order valence-electron chi connectivity index (χ3n) is 4.11. The number of fused-ring (bicyclic) bond motifs is 3. The largest absolute Gasteiger partial charge is 0.496 e. The standard InChI is InChI=1S/C16H16FN3O/c1-10-5-14-13(7-15(10)21-2)18-16-6-12(3-4-20(14)16)19-8-11(17)9-19/h3-7,11H,8-9H2,1-2H3. The zero-order valence-corrected chi connectivity index (χ0v) is 12.0. The Morgan fingerprint density at radius 1 is 1.29 bits per heavy atom. The van der Waals surface area contributed by atoms with Gasteiger partial charge in [0.15, 0.2) is 0 Å². The van der Waals surface area contributed by atoms with Gasteiger partial charge in [0, 0.05) is 24.0 Å². The van der Waals surface area contributed by atoms with Crippen LogP contribution in [0.2, 0.25) is 0 Å². The molecule has 0 bridgehead atoms. The Hall–Kier alpha value is -2.30. The van der Waals surface area contributed by atoms with Gasteiger partial charge in [-0.1, -0.05) is 0 Å². The van der Waals surface area contributed by atoms with Crippen LogP contribution in [0.1, 0.15) is 5.56 Å². The minimum absolute atomic E-state index is 0.476. The number of methoxy groups -OCH3 is 1. The van der Waals surface area contributed by atoms with E-state index in [4.69, 9.17) is 4.74 Å². The van der Waals surface area contributed by atoms with Crippen molar-refractivity contribution in [2.45, 2.75) is 13.1 Å². The van der Waals surface area contributed by atoms with Crippen LogP contribution in [0.25, 0.3) is 16.7 Å². The summed E-state index contributed by atoms with van der Waals surface area (Å²) in [5, 5.41) is 0. The number of alkyl halides is 1. The lowest BCUT2D eigenvalue weighted by molar-refractivity contribution is 0.275. The molecule has 3 aromatic rings. The molecule has 1 saturated heterocycles. The minimum atomic E-state index is -0.702. The summed E-state index contributed by atoms with van der Waals surface area (Å²) >= 11 is 0. The van der Waals surface area contributed by atoms with Gasteiger partial charge < -0.3 is 9.64 Å². The van der Waals surface area contributed by atoms with Crippen molar-refractivity contribution in [1.82, 2.24) is 9.38 Å². The number of pyridine rings is 1. The number of ether oxygens (including phenoxy) is 1. The van der Waals surface area contributed by atoms with E-state index >= 15 is 0 Å². The van der Waals surface area contributed by atoms with Crippen molar-refractivity contribution < 1.29 is 9.13 Å². The number of aryl methyl sites for hydroxylation is 1. The minimum Gasteiger partial charge on any atom is -0.496 e. The zero-order chi connectivity index (χ0) is 14.6. The second-order valence-corrected chi connectivity index (χ2v) is 5.54. The van der Waals surface area contributed by atoms with Crippen molar-refractivity contribution >= 4 is 22.4 Å². The number of rotatable bonds is 2. The van der Waals surface area contributed by atoms with Crippen LogP contribution in [0.3, 0.4) is 0 Å². The summed E-state index contributed by atoms with van der Waals surface area (Å²) < 4.78 is 20.4. The summed E-state index contributed by atoms with van der Waals surface area (Å²) in [4.78, 5) is 6.67. The van der Waals surface area contributed by atoms with E-state index in [2.05, 4.69) is 15.5 Å². The Balaban J connectivity index is 1.86. The molecule has 1 aliphatic heterocycles. The summed E-state index contributed by atoms with van der Waals surface area (Å²) in [5.74, 6) is 0.842. The third kappa shape index (κ3) is 1.84. The second kappa shape index (κ2) is 4.35. The first-order valence-electron chi connectivity index (χ1n) is 7.01. The Kier molecular flexibility index (Phi) is 2.58. The summed E-state index contributed by atoms with van der Waals surface area (Å²) in [5.41, 5.74) is 4.94. The Bertz CT molecular complexity index is 836. The van der Waals surface area contributed by atoms with Crippen molar-refractivity contribution in [2.75, 3.05) is 25.1 Å². The van der Waals surface area contributed by atoms with Gasteiger partial charge in [-0.3, -0.25) is 4.40 Å². The van der Waals surface area contributed by atoms with E-state index in [9.17, 15) is 4.39 Å². The average Bonchev–Trinajstić information content (AvgIpc) is 2.79. The molecule has 0 spiro atoms. The number of anilines is 1. The maximum atomic E-state index is 13.0. The van der Waals surface area contributed by atoms with E-state index in [1.165, 1.54) is 0 Å². The molecule has 0 aliphatic carbocycles. The quantitative estimate of drug-likeness (QED) is 0.725. The fourth-order valence-corrected chi connectivity index (χ4v) is 2.89. The van der Waals surface area contributed by atoms with Crippen LogP contribution in [0, 0.1) is 6.92 Å². The molecule has 0 atom stereocenters.